The third-order valence-electron chi connectivity index (χ3n) is 3.49. The van der Waals surface area contributed by atoms with Crippen LogP contribution in [0.4, 0.5) is 5.69 Å². The van der Waals surface area contributed by atoms with E-state index in [0.717, 1.165) is 29.0 Å². The molecule has 5 heteroatoms. The van der Waals surface area contributed by atoms with E-state index in [2.05, 4.69) is 41.4 Å². The molecular weight excluding hydrogens is 268 g/mol. The van der Waals surface area contributed by atoms with E-state index in [1.165, 1.54) is 15.3 Å². The first-order chi connectivity index (χ1) is 9.54. The van der Waals surface area contributed by atoms with Gasteiger partial charge in [0.15, 0.2) is 5.65 Å². The summed E-state index contributed by atoms with van der Waals surface area (Å²) >= 11 is 1.84. The summed E-state index contributed by atoms with van der Waals surface area (Å²) in [5.74, 6) is 0. The maximum atomic E-state index is 4.48. The third-order valence-corrected chi connectivity index (χ3v) is 4.50. The van der Waals surface area contributed by atoms with Gasteiger partial charge in [0, 0.05) is 28.7 Å². The highest BCUT2D eigenvalue weighted by atomic mass is 32.1. The minimum atomic E-state index is 0.836. The van der Waals surface area contributed by atoms with Gasteiger partial charge in [-0.1, -0.05) is 0 Å². The summed E-state index contributed by atoms with van der Waals surface area (Å²) in [6.07, 6.45) is 1.87. The number of anilines is 1. The molecule has 0 aromatic carbocycles. The van der Waals surface area contributed by atoms with Crippen molar-refractivity contribution >= 4 is 28.1 Å². The van der Waals surface area contributed by atoms with Crippen molar-refractivity contribution in [3.63, 3.8) is 0 Å². The Morgan fingerprint density at radius 3 is 2.75 bits per heavy atom. The number of fused-ring (bicyclic) bond motifs is 1. The average Bonchev–Trinajstić information content (AvgIpc) is 2.87. The molecule has 3 rings (SSSR count). The summed E-state index contributed by atoms with van der Waals surface area (Å²) in [4.78, 5) is 7.22. The molecule has 0 bridgehead atoms. The van der Waals surface area contributed by atoms with Crippen LogP contribution in [-0.2, 0) is 13.6 Å². The molecule has 104 valence electrons. The van der Waals surface area contributed by atoms with Crippen LogP contribution in [0.5, 0.6) is 0 Å². The summed E-state index contributed by atoms with van der Waals surface area (Å²) in [7, 11) is 1.92. The Kier molecular flexibility index (Phi) is 3.22. The van der Waals surface area contributed by atoms with E-state index in [4.69, 9.17) is 0 Å². The van der Waals surface area contributed by atoms with Crippen LogP contribution in [0.1, 0.15) is 21.0 Å². The van der Waals surface area contributed by atoms with Crippen LogP contribution in [0.25, 0.3) is 11.0 Å². The molecule has 0 unspecified atom stereocenters. The monoisotopic (exact) mass is 286 g/mol. The van der Waals surface area contributed by atoms with Crippen molar-refractivity contribution in [2.24, 2.45) is 7.05 Å². The first-order valence-electron chi connectivity index (χ1n) is 6.63. The number of nitrogens with one attached hydrogen (secondary N) is 1. The smallest absolute Gasteiger partial charge is 0.157 e. The lowest BCUT2D eigenvalue weighted by atomic mass is 10.2. The SMILES string of the molecule is Cc1cc(CNc2cnc3c(c2)c(C)nn3C)c(C)s1. The number of pyridine rings is 1. The molecule has 3 heterocycles. The van der Waals surface area contributed by atoms with E-state index in [1.54, 1.807) is 0 Å². The van der Waals surface area contributed by atoms with E-state index in [1.807, 2.05) is 36.2 Å². The largest absolute Gasteiger partial charge is 0.380 e. The van der Waals surface area contributed by atoms with Crippen molar-refractivity contribution in [1.82, 2.24) is 14.8 Å². The standard InChI is InChI=1S/C15H18N4S/c1-9-5-12(11(3)20-9)7-16-13-6-14-10(2)18-19(4)15(14)17-8-13/h5-6,8,16H,7H2,1-4H3. The number of nitrogens with zero attached hydrogens (tertiary/aromatic N) is 3. The van der Waals surface area contributed by atoms with E-state index in [9.17, 15) is 0 Å². The van der Waals surface area contributed by atoms with Gasteiger partial charge in [0.1, 0.15) is 0 Å². The summed E-state index contributed by atoms with van der Waals surface area (Å²) < 4.78 is 1.82. The average molecular weight is 286 g/mol. The zero-order valence-corrected chi connectivity index (χ0v) is 13.0. The normalized spacial score (nSPS) is 11.2. The van der Waals surface area contributed by atoms with Gasteiger partial charge in [0.2, 0.25) is 0 Å². The third kappa shape index (κ3) is 2.29. The van der Waals surface area contributed by atoms with E-state index < -0.39 is 0 Å². The molecule has 3 aromatic rings. The second kappa shape index (κ2) is 4.90. The maximum absolute atomic E-state index is 4.48. The zero-order chi connectivity index (χ0) is 14.3. The molecule has 1 N–H and O–H groups in total. The van der Waals surface area contributed by atoms with E-state index in [0.29, 0.717) is 0 Å². The summed E-state index contributed by atoms with van der Waals surface area (Å²) in [6, 6.07) is 4.37. The van der Waals surface area contributed by atoms with Crippen LogP contribution in [0, 0.1) is 20.8 Å². The summed E-state index contributed by atoms with van der Waals surface area (Å²) in [6.45, 7) is 7.16. The number of hydrogen-bond acceptors (Lipinski definition) is 4. The molecule has 0 saturated carbocycles. The summed E-state index contributed by atoms with van der Waals surface area (Å²) in [5.41, 5.74) is 4.34. The lowest BCUT2D eigenvalue weighted by Gasteiger charge is -2.06. The van der Waals surface area contributed by atoms with Gasteiger partial charge < -0.3 is 5.32 Å². The molecular formula is C15H18N4S. The van der Waals surface area contributed by atoms with Crippen LogP contribution in [-0.4, -0.2) is 14.8 Å². The highest BCUT2D eigenvalue weighted by Gasteiger charge is 2.07. The number of rotatable bonds is 3. The molecule has 0 amide bonds. The van der Waals surface area contributed by atoms with Crippen molar-refractivity contribution < 1.29 is 0 Å². The molecule has 0 spiro atoms. The number of hydrogen-bond donors (Lipinski definition) is 1. The van der Waals surface area contributed by atoms with Crippen LogP contribution >= 0.6 is 11.3 Å². The Labute approximate surface area is 122 Å². The second-order valence-electron chi connectivity index (χ2n) is 5.10. The highest BCUT2D eigenvalue weighted by molar-refractivity contribution is 7.12. The topological polar surface area (TPSA) is 42.7 Å². The molecule has 0 saturated heterocycles. The van der Waals surface area contributed by atoms with Gasteiger partial charge in [-0.3, -0.25) is 4.68 Å². The quantitative estimate of drug-likeness (QED) is 0.800. The Hall–Kier alpha value is -1.88. The Bertz CT molecular complexity index is 770. The van der Waals surface area contributed by atoms with Crippen LogP contribution < -0.4 is 5.32 Å². The van der Waals surface area contributed by atoms with Crippen molar-refractivity contribution in [1.29, 1.82) is 0 Å². The van der Waals surface area contributed by atoms with Gasteiger partial charge in [0.25, 0.3) is 0 Å². The zero-order valence-electron chi connectivity index (χ0n) is 12.2. The Morgan fingerprint density at radius 1 is 1.25 bits per heavy atom. The van der Waals surface area contributed by atoms with E-state index >= 15 is 0 Å². The molecule has 0 fully saturated rings. The fourth-order valence-corrected chi connectivity index (χ4v) is 3.41. The summed E-state index contributed by atoms with van der Waals surface area (Å²) in [5, 5.41) is 8.95. The molecule has 0 aliphatic rings. The number of thiophene rings is 1. The Balaban J connectivity index is 1.84. The molecule has 4 nitrogen and oxygen atoms in total. The molecule has 0 atom stereocenters. The van der Waals surface area contributed by atoms with Crippen molar-refractivity contribution in [2.75, 3.05) is 5.32 Å². The van der Waals surface area contributed by atoms with Crippen molar-refractivity contribution in [2.45, 2.75) is 27.3 Å². The van der Waals surface area contributed by atoms with Gasteiger partial charge in [-0.15, -0.1) is 11.3 Å². The van der Waals surface area contributed by atoms with Gasteiger partial charge in [-0.05, 0) is 38.5 Å². The van der Waals surface area contributed by atoms with E-state index in [-0.39, 0.29) is 0 Å². The van der Waals surface area contributed by atoms with Gasteiger partial charge in [-0.25, -0.2) is 4.98 Å². The van der Waals surface area contributed by atoms with Crippen molar-refractivity contribution in [3.05, 3.63) is 39.3 Å². The minimum Gasteiger partial charge on any atom is -0.380 e. The molecule has 20 heavy (non-hydrogen) atoms. The first kappa shape index (κ1) is 13.1. The number of aromatic nitrogens is 3. The second-order valence-corrected chi connectivity index (χ2v) is 6.56. The predicted molar refractivity (Wildman–Crippen MR) is 84.4 cm³/mol. The number of aryl methyl sites for hydroxylation is 4. The highest BCUT2D eigenvalue weighted by Crippen LogP contribution is 2.23. The molecule has 0 aliphatic heterocycles. The molecule has 3 aromatic heterocycles. The van der Waals surface area contributed by atoms with Crippen LogP contribution in [0.2, 0.25) is 0 Å². The predicted octanol–water partition coefficient (Wildman–Crippen LogP) is 3.57. The fraction of sp³-hybridized carbons (Fsp3) is 0.333. The van der Waals surface area contributed by atoms with Gasteiger partial charge >= 0.3 is 0 Å². The van der Waals surface area contributed by atoms with Crippen LogP contribution in [0.3, 0.4) is 0 Å². The first-order valence-corrected chi connectivity index (χ1v) is 7.45. The van der Waals surface area contributed by atoms with Crippen molar-refractivity contribution in [3.8, 4) is 0 Å². The lowest BCUT2D eigenvalue weighted by molar-refractivity contribution is 0.774. The van der Waals surface area contributed by atoms with Gasteiger partial charge in [-0.2, -0.15) is 5.10 Å². The van der Waals surface area contributed by atoms with Crippen LogP contribution in [0.15, 0.2) is 18.3 Å². The maximum Gasteiger partial charge on any atom is 0.157 e. The Morgan fingerprint density at radius 2 is 2.05 bits per heavy atom. The minimum absolute atomic E-state index is 0.836. The molecule has 0 aliphatic carbocycles. The lowest BCUT2D eigenvalue weighted by Crippen LogP contribution is -2.00. The van der Waals surface area contributed by atoms with Gasteiger partial charge in [0.05, 0.1) is 17.6 Å². The fourth-order valence-electron chi connectivity index (χ4n) is 2.46. The molecule has 0 radical (unpaired) electrons.